The Labute approximate surface area is 153 Å². The monoisotopic (exact) mass is 359 g/mol. The molecule has 2 aromatic rings. The van der Waals surface area contributed by atoms with Gasteiger partial charge in [0, 0.05) is 10.3 Å². The molecule has 2 rings (SSSR count). The Balaban J connectivity index is 2.22. The fourth-order valence-corrected chi connectivity index (χ4v) is 3.67. The predicted molar refractivity (Wildman–Crippen MR) is 102 cm³/mol. The Hall–Kier alpha value is -2.14. The molecular weight excluding hydrogens is 334 g/mol. The molecule has 0 radical (unpaired) electrons. The molecule has 5 heteroatoms. The van der Waals surface area contributed by atoms with Crippen LogP contribution in [-0.4, -0.2) is 18.5 Å². The number of aryl methyl sites for hydroxylation is 1. The standard InChI is InChI=1S/C20H25NO3S/c1-6-24-18(22)16-13(2)14(3)25-17(16)21-19(23)20(4,5)12-15-10-8-7-9-11-15/h7-11H,6,12H2,1-5H3,(H,21,23). The van der Waals surface area contributed by atoms with Crippen molar-refractivity contribution in [2.24, 2.45) is 5.41 Å². The average Bonchev–Trinajstić information content (AvgIpc) is 2.82. The van der Waals surface area contributed by atoms with Crippen molar-refractivity contribution < 1.29 is 14.3 Å². The van der Waals surface area contributed by atoms with Gasteiger partial charge in [0.05, 0.1) is 12.2 Å². The summed E-state index contributed by atoms with van der Waals surface area (Å²) in [6, 6.07) is 9.92. The molecule has 0 aliphatic rings. The summed E-state index contributed by atoms with van der Waals surface area (Å²) in [6.07, 6.45) is 0.623. The highest BCUT2D eigenvalue weighted by Crippen LogP contribution is 2.34. The molecule has 1 heterocycles. The van der Waals surface area contributed by atoms with E-state index in [1.807, 2.05) is 58.0 Å². The Bertz CT molecular complexity index is 763. The molecule has 0 atom stereocenters. The van der Waals surface area contributed by atoms with Crippen LogP contribution in [0.5, 0.6) is 0 Å². The van der Waals surface area contributed by atoms with Crippen LogP contribution in [0.1, 0.15) is 47.1 Å². The van der Waals surface area contributed by atoms with Gasteiger partial charge in [-0.2, -0.15) is 0 Å². The highest BCUT2D eigenvalue weighted by atomic mass is 32.1. The minimum Gasteiger partial charge on any atom is -0.462 e. The first-order valence-corrected chi connectivity index (χ1v) is 9.20. The van der Waals surface area contributed by atoms with Crippen LogP contribution >= 0.6 is 11.3 Å². The number of esters is 1. The van der Waals surface area contributed by atoms with E-state index < -0.39 is 5.41 Å². The molecule has 1 N–H and O–H groups in total. The maximum atomic E-state index is 12.8. The number of rotatable bonds is 6. The third-order valence-electron chi connectivity index (χ3n) is 4.20. The zero-order valence-electron chi connectivity index (χ0n) is 15.4. The smallest absolute Gasteiger partial charge is 0.341 e. The number of hydrogen-bond acceptors (Lipinski definition) is 4. The number of hydrogen-bond donors (Lipinski definition) is 1. The maximum Gasteiger partial charge on any atom is 0.341 e. The molecule has 0 saturated carbocycles. The van der Waals surface area contributed by atoms with E-state index in [1.165, 1.54) is 11.3 Å². The van der Waals surface area contributed by atoms with Crippen molar-refractivity contribution in [3.05, 3.63) is 51.9 Å². The minimum absolute atomic E-state index is 0.108. The van der Waals surface area contributed by atoms with Crippen molar-refractivity contribution in [1.29, 1.82) is 0 Å². The van der Waals surface area contributed by atoms with E-state index in [0.717, 1.165) is 16.0 Å². The lowest BCUT2D eigenvalue weighted by molar-refractivity contribution is -0.123. The molecule has 25 heavy (non-hydrogen) atoms. The second-order valence-electron chi connectivity index (χ2n) is 6.71. The van der Waals surface area contributed by atoms with Gasteiger partial charge < -0.3 is 10.1 Å². The highest BCUT2D eigenvalue weighted by molar-refractivity contribution is 7.16. The molecule has 0 saturated heterocycles. The van der Waals surface area contributed by atoms with Crippen LogP contribution in [0, 0.1) is 19.3 Å². The molecule has 0 bridgehead atoms. The third kappa shape index (κ3) is 4.48. The average molecular weight is 359 g/mol. The van der Waals surface area contributed by atoms with E-state index in [1.54, 1.807) is 6.92 Å². The lowest BCUT2D eigenvalue weighted by Crippen LogP contribution is -2.33. The third-order valence-corrected chi connectivity index (χ3v) is 5.32. The molecule has 134 valence electrons. The normalized spacial score (nSPS) is 11.2. The van der Waals surface area contributed by atoms with Crippen LogP contribution in [0.25, 0.3) is 0 Å². The fraction of sp³-hybridized carbons (Fsp3) is 0.400. The van der Waals surface area contributed by atoms with Gasteiger partial charge in [0.2, 0.25) is 5.91 Å². The number of benzene rings is 1. The van der Waals surface area contributed by atoms with Gasteiger partial charge in [0.1, 0.15) is 5.00 Å². The Morgan fingerprint density at radius 3 is 2.40 bits per heavy atom. The second-order valence-corrected chi connectivity index (χ2v) is 7.93. The van der Waals surface area contributed by atoms with Gasteiger partial charge in [-0.25, -0.2) is 4.79 Å². The summed E-state index contributed by atoms with van der Waals surface area (Å²) in [5, 5.41) is 3.52. The molecule has 0 aliphatic heterocycles. The predicted octanol–water partition coefficient (Wildman–Crippen LogP) is 4.75. The van der Waals surface area contributed by atoms with Crippen LogP contribution < -0.4 is 5.32 Å². The van der Waals surface area contributed by atoms with Crippen LogP contribution in [0.2, 0.25) is 0 Å². The van der Waals surface area contributed by atoms with Gasteiger partial charge in [0.15, 0.2) is 0 Å². The first-order chi connectivity index (χ1) is 11.8. The number of thiophene rings is 1. The van der Waals surface area contributed by atoms with Gasteiger partial charge in [-0.15, -0.1) is 11.3 Å². The highest BCUT2D eigenvalue weighted by Gasteiger charge is 2.30. The number of amides is 1. The van der Waals surface area contributed by atoms with Crippen molar-refractivity contribution in [3.8, 4) is 0 Å². The largest absolute Gasteiger partial charge is 0.462 e. The van der Waals surface area contributed by atoms with E-state index in [9.17, 15) is 9.59 Å². The SMILES string of the molecule is CCOC(=O)c1c(NC(=O)C(C)(C)Cc2ccccc2)sc(C)c1C. The van der Waals surface area contributed by atoms with E-state index in [2.05, 4.69) is 5.32 Å². The van der Waals surface area contributed by atoms with Crippen LogP contribution in [0.15, 0.2) is 30.3 Å². The molecule has 0 aliphatic carbocycles. The fourth-order valence-electron chi connectivity index (χ4n) is 2.62. The number of carbonyl (C=O) groups is 2. The van der Waals surface area contributed by atoms with Gasteiger partial charge >= 0.3 is 5.97 Å². The number of ether oxygens (including phenoxy) is 1. The quantitative estimate of drug-likeness (QED) is 0.757. The molecule has 4 nitrogen and oxygen atoms in total. The number of anilines is 1. The van der Waals surface area contributed by atoms with E-state index in [0.29, 0.717) is 23.6 Å². The Morgan fingerprint density at radius 2 is 1.80 bits per heavy atom. The lowest BCUT2D eigenvalue weighted by atomic mass is 9.85. The van der Waals surface area contributed by atoms with E-state index in [4.69, 9.17) is 4.74 Å². The maximum absolute atomic E-state index is 12.8. The van der Waals surface area contributed by atoms with Crippen molar-refractivity contribution in [2.75, 3.05) is 11.9 Å². The van der Waals surface area contributed by atoms with E-state index in [-0.39, 0.29) is 11.9 Å². The molecule has 1 amide bonds. The van der Waals surface area contributed by atoms with Crippen molar-refractivity contribution >= 4 is 28.2 Å². The van der Waals surface area contributed by atoms with Crippen LogP contribution in [-0.2, 0) is 16.0 Å². The van der Waals surface area contributed by atoms with Gasteiger partial charge in [-0.1, -0.05) is 44.2 Å². The van der Waals surface area contributed by atoms with Gasteiger partial charge in [-0.3, -0.25) is 4.79 Å². The van der Waals surface area contributed by atoms with Crippen molar-refractivity contribution in [3.63, 3.8) is 0 Å². The van der Waals surface area contributed by atoms with Crippen molar-refractivity contribution in [2.45, 2.75) is 41.0 Å². The summed E-state index contributed by atoms with van der Waals surface area (Å²) in [5.41, 5.74) is 1.83. The number of carbonyl (C=O) groups excluding carboxylic acids is 2. The second kappa shape index (κ2) is 7.83. The van der Waals surface area contributed by atoms with Crippen LogP contribution in [0.4, 0.5) is 5.00 Å². The topological polar surface area (TPSA) is 55.4 Å². The van der Waals surface area contributed by atoms with Gasteiger partial charge in [0.25, 0.3) is 0 Å². The summed E-state index contributed by atoms with van der Waals surface area (Å²) >= 11 is 1.41. The molecule has 1 aromatic heterocycles. The lowest BCUT2D eigenvalue weighted by Gasteiger charge is -2.23. The summed E-state index contributed by atoms with van der Waals surface area (Å²) in [4.78, 5) is 26.1. The van der Waals surface area contributed by atoms with Crippen LogP contribution in [0.3, 0.4) is 0 Å². The zero-order chi connectivity index (χ0) is 18.6. The Morgan fingerprint density at radius 1 is 1.16 bits per heavy atom. The van der Waals surface area contributed by atoms with Crippen molar-refractivity contribution in [1.82, 2.24) is 0 Å². The molecule has 0 unspecified atom stereocenters. The summed E-state index contributed by atoms with van der Waals surface area (Å²) in [5.74, 6) is -0.497. The first-order valence-electron chi connectivity index (χ1n) is 8.38. The van der Waals surface area contributed by atoms with E-state index >= 15 is 0 Å². The molecule has 0 fully saturated rings. The van der Waals surface area contributed by atoms with Gasteiger partial charge in [-0.05, 0) is 38.3 Å². The Kier molecular flexibility index (Phi) is 6.01. The first kappa shape index (κ1) is 19.2. The summed E-state index contributed by atoms with van der Waals surface area (Å²) in [7, 11) is 0. The number of nitrogens with one attached hydrogen (secondary N) is 1. The summed E-state index contributed by atoms with van der Waals surface area (Å²) < 4.78 is 5.14. The zero-order valence-corrected chi connectivity index (χ0v) is 16.3. The minimum atomic E-state index is -0.598. The summed E-state index contributed by atoms with van der Waals surface area (Å²) in [6.45, 7) is 9.71. The molecule has 1 aromatic carbocycles. The molecule has 0 spiro atoms. The molecular formula is C20H25NO3S.